The van der Waals surface area contributed by atoms with Gasteiger partial charge in [-0.3, -0.25) is 4.79 Å². The van der Waals surface area contributed by atoms with Gasteiger partial charge in [-0.05, 0) is 32.6 Å². The molecule has 0 radical (unpaired) electrons. The lowest BCUT2D eigenvalue weighted by molar-refractivity contribution is -0.141. The summed E-state index contributed by atoms with van der Waals surface area (Å²) in [6, 6.07) is 0. The molecule has 0 spiro atoms. The van der Waals surface area contributed by atoms with Crippen molar-refractivity contribution in [2.24, 2.45) is 5.73 Å². The van der Waals surface area contributed by atoms with Crippen molar-refractivity contribution in [3.05, 3.63) is 0 Å². The molecule has 0 aromatic heterocycles. The summed E-state index contributed by atoms with van der Waals surface area (Å²) in [5.74, 6) is 0.0897. The predicted octanol–water partition coefficient (Wildman–Crippen LogP) is 1.53. The maximum absolute atomic E-state index is 12.4. The Morgan fingerprint density at radius 1 is 1.41 bits per heavy atom. The van der Waals surface area contributed by atoms with Crippen LogP contribution in [0.1, 0.15) is 46.5 Å². The second-order valence-corrected chi connectivity index (χ2v) is 4.83. The van der Waals surface area contributed by atoms with Crippen LogP contribution >= 0.6 is 0 Å². The fourth-order valence-corrected chi connectivity index (χ4v) is 2.36. The number of carbonyl (C=O) groups excluding carboxylic acids is 1. The van der Waals surface area contributed by atoms with E-state index in [-0.39, 0.29) is 12.0 Å². The summed E-state index contributed by atoms with van der Waals surface area (Å²) < 4.78 is 5.61. The molecule has 0 saturated carbocycles. The molecule has 17 heavy (non-hydrogen) atoms. The van der Waals surface area contributed by atoms with Gasteiger partial charge < -0.3 is 15.4 Å². The van der Waals surface area contributed by atoms with E-state index in [1.54, 1.807) is 0 Å². The number of carbonyl (C=O) groups is 1. The minimum absolute atomic E-state index is 0.0897. The maximum Gasteiger partial charge on any atom is 0.242 e. The van der Waals surface area contributed by atoms with Crippen molar-refractivity contribution in [3.8, 4) is 0 Å². The molecule has 1 saturated heterocycles. The van der Waals surface area contributed by atoms with Crippen molar-refractivity contribution in [3.63, 3.8) is 0 Å². The van der Waals surface area contributed by atoms with Gasteiger partial charge in [0.2, 0.25) is 5.91 Å². The number of nitrogens with zero attached hydrogens (tertiary/aromatic N) is 1. The highest BCUT2D eigenvalue weighted by Gasteiger charge is 2.36. The van der Waals surface area contributed by atoms with Crippen LogP contribution in [0.3, 0.4) is 0 Å². The summed E-state index contributed by atoms with van der Waals surface area (Å²) in [4.78, 5) is 14.3. The third kappa shape index (κ3) is 3.42. The first-order valence-corrected chi connectivity index (χ1v) is 6.77. The minimum Gasteiger partial charge on any atom is -0.377 e. The molecule has 1 aliphatic heterocycles. The van der Waals surface area contributed by atoms with Crippen LogP contribution in [0.15, 0.2) is 0 Å². The molecule has 1 amide bonds. The number of ether oxygens (including phenoxy) is 1. The molecule has 1 unspecified atom stereocenters. The highest BCUT2D eigenvalue weighted by atomic mass is 16.5. The molecular formula is C13H26N2O2. The van der Waals surface area contributed by atoms with Crippen molar-refractivity contribution in [2.75, 3.05) is 19.7 Å². The Morgan fingerprint density at radius 2 is 2.06 bits per heavy atom. The zero-order valence-electron chi connectivity index (χ0n) is 11.4. The smallest absolute Gasteiger partial charge is 0.242 e. The number of rotatable bonds is 5. The first-order valence-electron chi connectivity index (χ1n) is 6.77. The van der Waals surface area contributed by atoms with Gasteiger partial charge in [0.05, 0.1) is 11.6 Å². The molecule has 1 atom stereocenters. The summed E-state index contributed by atoms with van der Waals surface area (Å²) in [6.45, 7) is 8.18. The molecule has 4 heteroatoms. The Labute approximate surface area is 104 Å². The average molecular weight is 242 g/mol. The standard InChI is InChI=1S/C13H26N2O2/c1-4-13(14,5-2)12(16)15-9-7-8-11(10-15)17-6-3/h11H,4-10,14H2,1-3H3. The van der Waals surface area contributed by atoms with Gasteiger partial charge in [-0.2, -0.15) is 0 Å². The topological polar surface area (TPSA) is 55.6 Å². The van der Waals surface area contributed by atoms with Gasteiger partial charge in [-0.25, -0.2) is 0 Å². The van der Waals surface area contributed by atoms with E-state index < -0.39 is 5.54 Å². The number of amides is 1. The number of piperidine rings is 1. The summed E-state index contributed by atoms with van der Waals surface area (Å²) in [5.41, 5.74) is 5.47. The zero-order chi connectivity index (χ0) is 12.9. The average Bonchev–Trinajstić information content (AvgIpc) is 2.37. The third-order valence-corrected chi connectivity index (χ3v) is 3.76. The Kier molecular flexibility index (Phi) is 5.40. The molecule has 1 rings (SSSR count). The first-order chi connectivity index (χ1) is 8.07. The fourth-order valence-electron chi connectivity index (χ4n) is 2.36. The first kappa shape index (κ1) is 14.5. The van der Waals surface area contributed by atoms with Crippen LogP contribution in [0, 0.1) is 0 Å². The highest BCUT2D eigenvalue weighted by Crippen LogP contribution is 2.20. The van der Waals surface area contributed by atoms with Gasteiger partial charge >= 0.3 is 0 Å². The van der Waals surface area contributed by atoms with Crippen LogP contribution in [0.25, 0.3) is 0 Å². The van der Waals surface area contributed by atoms with Crippen molar-refractivity contribution in [1.29, 1.82) is 0 Å². The van der Waals surface area contributed by atoms with E-state index in [1.165, 1.54) is 0 Å². The van der Waals surface area contributed by atoms with Gasteiger partial charge in [0.1, 0.15) is 0 Å². The summed E-state index contributed by atoms with van der Waals surface area (Å²) in [6.07, 6.45) is 3.64. The van der Waals surface area contributed by atoms with Gasteiger partial charge in [-0.1, -0.05) is 13.8 Å². The van der Waals surface area contributed by atoms with Gasteiger partial charge in [0, 0.05) is 19.7 Å². The largest absolute Gasteiger partial charge is 0.377 e. The van der Waals surface area contributed by atoms with Gasteiger partial charge in [-0.15, -0.1) is 0 Å². The molecular weight excluding hydrogens is 216 g/mol. The van der Waals surface area contributed by atoms with Crippen molar-refractivity contribution in [2.45, 2.75) is 58.1 Å². The molecule has 1 fully saturated rings. The second kappa shape index (κ2) is 6.36. The molecule has 4 nitrogen and oxygen atoms in total. The lowest BCUT2D eigenvalue weighted by Gasteiger charge is -2.38. The van der Waals surface area contributed by atoms with E-state index in [9.17, 15) is 4.79 Å². The monoisotopic (exact) mass is 242 g/mol. The van der Waals surface area contributed by atoms with E-state index in [1.807, 2.05) is 25.7 Å². The second-order valence-electron chi connectivity index (χ2n) is 4.83. The molecule has 2 N–H and O–H groups in total. The lowest BCUT2D eigenvalue weighted by Crippen LogP contribution is -2.57. The van der Waals surface area contributed by atoms with Gasteiger partial charge in [0.15, 0.2) is 0 Å². The summed E-state index contributed by atoms with van der Waals surface area (Å²) in [5, 5.41) is 0. The minimum atomic E-state index is -0.686. The Morgan fingerprint density at radius 3 is 2.59 bits per heavy atom. The molecule has 1 aliphatic rings. The molecule has 0 bridgehead atoms. The van der Waals surface area contributed by atoms with E-state index >= 15 is 0 Å². The SMILES string of the molecule is CCOC1CCCN(C(=O)C(N)(CC)CC)C1. The fraction of sp³-hybridized carbons (Fsp3) is 0.923. The molecule has 0 aromatic rings. The Hall–Kier alpha value is -0.610. The predicted molar refractivity (Wildman–Crippen MR) is 68.7 cm³/mol. The molecule has 0 aromatic carbocycles. The molecule has 0 aliphatic carbocycles. The Bertz CT molecular complexity index is 250. The van der Waals surface area contributed by atoms with Crippen LogP contribution in [0.4, 0.5) is 0 Å². The van der Waals surface area contributed by atoms with Crippen LogP contribution < -0.4 is 5.73 Å². The lowest BCUT2D eigenvalue weighted by atomic mass is 9.91. The summed E-state index contributed by atoms with van der Waals surface area (Å²) >= 11 is 0. The third-order valence-electron chi connectivity index (χ3n) is 3.76. The van der Waals surface area contributed by atoms with Crippen molar-refractivity contribution in [1.82, 2.24) is 4.90 Å². The summed E-state index contributed by atoms with van der Waals surface area (Å²) in [7, 11) is 0. The number of nitrogens with two attached hydrogens (primary N) is 1. The zero-order valence-corrected chi connectivity index (χ0v) is 11.4. The van der Waals surface area contributed by atoms with E-state index in [0.717, 1.165) is 19.4 Å². The van der Waals surface area contributed by atoms with E-state index in [0.29, 0.717) is 26.0 Å². The van der Waals surface area contributed by atoms with Crippen LogP contribution in [0.5, 0.6) is 0 Å². The number of hydrogen-bond acceptors (Lipinski definition) is 3. The van der Waals surface area contributed by atoms with Crippen molar-refractivity contribution >= 4 is 5.91 Å². The molecule has 100 valence electrons. The van der Waals surface area contributed by atoms with Crippen LogP contribution in [-0.4, -0.2) is 42.1 Å². The molecule has 1 heterocycles. The van der Waals surface area contributed by atoms with E-state index in [4.69, 9.17) is 10.5 Å². The quantitative estimate of drug-likeness (QED) is 0.795. The Balaban J connectivity index is 2.62. The number of likely N-dealkylation sites (tertiary alicyclic amines) is 1. The highest BCUT2D eigenvalue weighted by molar-refractivity contribution is 5.86. The van der Waals surface area contributed by atoms with Gasteiger partial charge in [0.25, 0.3) is 0 Å². The van der Waals surface area contributed by atoms with Crippen LogP contribution in [-0.2, 0) is 9.53 Å². The van der Waals surface area contributed by atoms with Crippen LogP contribution in [0.2, 0.25) is 0 Å². The maximum atomic E-state index is 12.4. The van der Waals surface area contributed by atoms with E-state index in [2.05, 4.69) is 0 Å². The van der Waals surface area contributed by atoms with Crippen molar-refractivity contribution < 1.29 is 9.53 Å². The normalized spacial score (nSPS) is 21.6. The number of hydrogen-bond donors (Lipinski definition) is 1.